The predicted molar refractivity (Wildman–Crippen MR) is 61.8 cm³/mol. The molecule has 17 heavy (non-hydrogen) atoms. The Morgan fingerprint density at radius 1 is 1.24 bits per heavy atom. The first-order chi connectivity index (χ1) is 8.29. The number of Topliss-reactive ketones (excluding diaryl/α,β-unsaturated/α-hetero) is 1. The van der Waals surface area contributed by atoms with Gasteiger partial charge in [0.15, 0.2) is 12.4 Å². The molecule has 0 fully saturated rings. The molecule has 0 bridgehead atoms. The molecule has 0 spiro atoms. The Kier molecular flexibility index (Phi) is 3.45. The second-order valence-corrected chi connectivity index (χ2v) is 3.57. The summed E-state index contributed by atoms with van der Waals surface area (Å²) in [6, 6.07) is 7.10. The maximum absolute atomic E-state index is 11.9. The Hall–Kier alpha value is -2.23. The average Bonchev–Trinajstić information content (AvgIpc) is 2.40. The molecule has 2 rings (SSSR count). The third kappa shape index (κ3) is 2.87. The van der Waals surface area contributed by atoms with Crippen molar-refractivity contribution in [2.24, 2.45) is 0 Å². The van der Waals surface area contributed by atoms with Gasteiger partial charge in [-0.25, -0.2) is 0 Å². The van der Waals surface area contributed by atoms with Gasteiger partial charge in [-0.3, -0.25) is 9.78 Å². The highest BCUT2D eigenvalue weighted by atomic mass is 16.5. The van der Waals surface area contributed by atoms with E-state index in [0.717, 1.165) is 5.75 Å². The molecule has 86 valence electrons. The molecule has 1 aromatic heterocycles. The molecule has 4 nitrogen and oxygen atoms in total. The molecular weight excluding hydrogens is 216 g/mol. The van der Waals surface area contributed by atoms with Gasteiger partial charge in [-0.1, -0.05) is 0 Å². The second-order valence-electron chi connectivity index (χ2n) is 3.57. The zero-order valence-electron chi connectivity index (χ0n) is 9.54. The van der Waals surface area contributed by atoms with Crippen LogP contribution >= 0.6 is 0 Å². The molecule has 0 N–H and O–H groups in total. The molecule has 0 amide bonds. The lowest BCUT2D eigenvalue weighted by atomic mass is 10.1. The van der Waals surface area contributed by atoms with Gasteiger partial charge in [0, 0.05) is 5.56 Å². The van der Waals surface area contributed by atoms with Crippen LogP contribution in [0.3, 0.4) is 0 Å². The number of carbonyl (C=O) groups excluding carboxylic acids is 1. The molecule has 0 aliphatic rings. The molecule has 0 radical (unpaired) electrons. The molecule has 0 saturated heterocycles. The third-order valence-electron chi connectivity index (χ3n) is 2.43. The highest BCUT2D eigenvalue weighted by Gasteiger charge is 2.11. The summed E-state index contributed by atoms with van der Waals surface area (Å²) >= 11 is 0. The van der Waals surface area contributed by atoms with Crippen LogP contribution in [0.15, 0.2) is 49.1 Å². The summed E-state index contributed by atoms with van der Waals surface area (Å²) < 4.78 is 6.83. The van der Waals surface area contributed by atoms with Gasteiger partial charge in [0.25, 0.3) is 0 Å². The molecule has 0 aliphatic heterocycles. The van der Waals surface area contributed by atoms with Crippen LogP contribution < -0.4 is 9.30 Å². The van der Waals surface area contributed by atoms with Gasteiger partial charge in [0.2, 0.25) is 12.3 Å². The fourth-order valence-corrected chi connectivity index (χ4v) is 1.49. The van der Waals surface area contributed by atoms with Crippen molar-refractivity contribution < 1.29 is 14.1 Å². The molecule has 4 heteroatoms. The highest BCUT2D eigenvalue weighted by molar-refractivity contribution is 5.95. The first-order valence-corrected chi connectivity index (χ1v) is 5.26. The monoisotopic (exact) mass is 229 g/mol. The number of rotatable bonds is 4. The Balaban J connectivity index is 2.09. The van der Waals surface area contributed by atoms with E-state index in [1.165, 1.54) is 0 Å². The number of hydrogen-bond donors (Lipinski definition) is 0. The van der Waals surface area contributed by atoms with Crippen molar-refractivity contribution in [3.05, 3.63) is 54.6 Å². The van der Waals surface area contributed by atoms with Crippen molar-refractivity contribution in [2.75, 3.05) is 7.11 Å². The van der Waals surface area contributed by atoms with Gasteiger partial charge >= 0.3 is 0 Å². The smallest absolute Gasteiger partial charge is 0.227 e. The zero-order valence-corrected chi connectivity index (χ0v) is 9.54. The lowest BCUT2D eigenvalue weighted by molar-refractivity contribution is -0.683. The van der Waals surface area contributed by atoms with Gasteiger partial charge in [-0.15, -0.1) is 0 Å². The van der Waals surface area contributed by atoms with Crippen molar-refractivity contribution in [1.82, 2.24) is 4.98 Å². The van der Waals surface area contributed by atoms with Gasteiger partial charge in [0.1, 0.15) is 5.75 Å². The van der Waals surface area contributed by atoms with Crippen LogP contribution in [0.1, 0.15) is 10.4 Å². The Bertz CT molecular complexity index is 495. The van der Waals surface area contributed by atoms with Crippen LogP contribution in [0.5, 0.6) is 5.75 Å². The fraction of sp³-hybridized carbons (Fsp3) is 0.154. The summed E-state index contributed by atoms with van der Waals surface area (Å²) in [7, 11) is 1.60. The first-order valence-electron chi connectivity index (χ1n) is 5.26. The Morgan fingerprint density at radius 3 is 2.47 bits per heavy atom. The minimum Gasteiger partial charge on any atom is -0.497 e. The van der Waals surface area contributed by atoms with Crippen molar-refractivity contribution >= 4 is 5.78 Å². The molecule has 2 aromatic rings. The van der Waals surface area contributed by atoms with Gasteiger partial charge in [-0.05, 0) is 24.3 Å². The quantitative estimate of drug-likeness (QED) is 0.585. The van der Waals surface area contributed by atoms with E-state index in [4.69, 9.17) is 4.74 Å². The number of hydrogen-bond acceptors (Lipinski definition) is 3. The van der Waals surface area contributed by atoms with Crippen molar-refractivity contribution in [1.29, 1.82) is 0 Å². The first kappa shape index (κ1) is 11.3. The minimum atomic E-state index is 0.0591. The lowest BCUT2D eigenvalue weighted by Crippen LogP contribution is -2.37. The van der Waals surface area contributed by atoms with E-state index in [-0.39, 0.29) is 5.78 Å². The van der Waals surface area contributed by atoms with Gasteiger partial charge in [-0.2, -0.15) is 4.57 Å². The number of nitrogens with zero attached hydrogens (tertiary/aromatic N) is 2. The Morgan fingerprint density at radius 2 is 1.88 bits per heavy atom. The summed E-state index contributed by atoms with van der Waals surface area (Å²) in [5.41, 5.74) is 0.676. The van der Waals surface area contributed by atoms with Crippen molar-refractivity contribution in [3.8, 4) is 5.75 Å². The normalized spacial score (nSPS) is 9.94. The van der Waals surface area contributed by atoms with Crippen molar-refractivity contribution in [2.45, 2.75) is 6.54 Å². The number of carbonyl (C=O) groups is 1. The van der Waals surface area contributed by atoms with Crippen LogP contribution in [0, 0.1) is 0 Å². The summed E-state index contributed by atoms with van der Waals surface area (Å²) in [6.45, 7) is 0.314. The summed E-state index contributed by atoms with van der Waals surface area (Å²) in [4.78, 5) is 15.8. The van der Waals surface area contributed by atoms with Crippen LogP contribution in [-0.2, 0) is 6.54 Å². The number of aromatic nitrogens is 2. The fourth-order valence-electron chi connectivity index (χ4n) is 1.49. The van der Waals surface area contributed by atoms with E-state index >= 15 is 0 Å². The highest BCUT2D eigenvalue weighted by Crippen LogP contribution is 2.11. The van der Waals surface area contributed by atoms with Crippen LogP contribution in [0.2, 0.25) is 0 Å². The lowest BCUT2D eigenvalue weighted by Gasteiger charge is -2.01. The molecule has 0 saturated carbocycles. The maximum atomic E-state index is 11.9. The number of ether oxygens (including phenoxy) is 1. The van der Waals surface area contributed by atoms with Gasteiger partial charge < -0.3 is 4.74 Å². The molecule has 0 atom stereocenters. The Labute approximate surface area is 99.5 Å². The third-order valence-corrected chi connectivity index (χ3v) is 2.43. The van der Waals surface area contributed by atoms with Crippen molar-refractivity contribution in [3.63, 3.8) is 0 Å². The summed E-state index contributed by atoms with van der Waals surface area (Å²) in [5, 5.41) is 0. The van der Waals surface area contributed by atoms with Crippen LogP contribution in [-0.4, -0.2) is 17.9 Å². The zero-order chi connectivity index (χ0) is 12.1. The summed E-state index contributed by atoms with van der Waals surface area (Å²) in [6.07, 6.45) is 6.84. The van der Waals surface area contributed by atoms with Gasteiger partial charge in [0.05, 0.1) is 19.5 Å². The van der Waals surface area contributed by atoms with E-state index in [1.807, 2.05) is 0 Å². The van der Waals surface area contributed by atoms with E-state index in [9.17, 15) is 4.79 Å². The topological polar surface area (TPSA) is 43.1 Å². The minimum absolute atomic E-state index is 0.0591. The van der Waals surface area contributed by atoms with E-state index < -0.39 is 0 Å². The van der Waals surface area contributed by atoms with E-state index in [1.54, 1.807) is 60.7 Å². The molecule has 0 aliphatic carbocycles. The number of benzene rings is 1. The SMILES string of the molecule is COc1ccc(C(=O)C[n+]2ccncc2)cc1. The molecular formula is C13H13N2O2+. The number of methoxy groups -OCH3 is 1. The van der Waals surface area contributed by atoms with E-state index in [0.29, 0.717) is 12.1 Å². The molecule has 1 heterocycles. The number of ketones is 1. The standard InChI is InChI=1S/C13H13N2O2/c1-17-12-4-2-11(3-5-12)13(16)10-15-8-6-14-7-9-15/h2-9H,10H2,1H3/q+1. The summed E-state index contributed by atoms with van der Waals surface area (Å²) in [5.74, 6) is 0.807. The largest absolute Gasteiger partial charge is 0.497 e. The molecule has 1 aromatic carbocycles. The second kappa shape index (κ2) is 5.21. The maximum Gasteiger partial charge on any atom is 0.227 e. The van der Waals surface area contributed by atoms with E-state index in [2.05, 4.69) is 4.98 Å². The molecule has 0 unspecified atom stereocenters. The van der Waals surface area contributed by atoms with Crippen LogP contribution in [0.25, 0.3) is 0 Å². The van der Waals surface area contributed by atoms with Crippen LogP contribution in [0.4, 0.5) is 0 Å². The average molecular weight is 229 g/mol. The predicted octanol–water partition coefficient (Wildman–Crippen LogP) is 1.26.